The lowest BCUT2D eigenvalue weighted by atomic mass is 10.3. The minimum absolute atomic E-state index is 0.732. The van der Waals surface area contributed by atoms with Crippen LogP contribution in [-0.2, 0) is 0 Å². The summed E-state index contributed by atoms with van der Waals surface area (Å²) in [6, 6.07) is 11.1. The predicted octanol–water partition coefficient (Wildman–Crippen LogP) is 3.78. The van der Waals surface area contributed by atoms with Crippen molar-refractivity contribution < 1.29 is 4.74 Å². The number of rotatable bonds is 2. The third-order valence-corrected chi connectivity index (χ3v) is 2.58. The summed E-state index contributed by atoms with van der Waals surface area (Å²) in [4.78, 5) is 4.09. The van der Waals surface area contributed by atoms with E-state index in [-0.39, 0.29) is 0 Å². The van der Waals surface area contributed by atoms with Gasteiger partial charge in [0.1, 0.15) is 5.75 Å². The number of benzene rings is 1. The maximum atomic E-state index is 5.61. The highest BCUT2D eigenvalue weighted by Gasteiger charge is 1.90. The number of halogens is 1. The number of aryl methyl sites for hydroxylation is 1. The highest BCUT2D eigenvalue weighted by atomic mass is 35.5. The SMILES string of the molecule is CNc1cccnc1C.COc1ccc(Cl)cc1. The van der Waals surface area contributed by atoms with E-state index in [1.54, 1.807) is 25.4 Å². The smallest absolute Gasteiger partial charge is 0.118 e. The van der Waals surface area contributed by atoms with Crippen LogP contribution in [0, 0.1) is 6.92 Å². The van der Waals surface area contributed by atoms with Gasteiger partial charge in [-0.25, -0.2) is 0 Å². The molecule has 4 heteroatoms. The molecule has 3 nitrogen and oxygen atoms in total. The molecule has 2 rings (SSSR count). The Hall–Kier alpha value is -1.74. The predicted molar refractivity (Wildman–Crippen MR) is 76.5 cm³/mol. The van der Waals surface area contributed by atoms with E-state index >= 15 is 0 Å². The number of anilines is 1. The van der Waals surface area contributed by atoms with E-state index < -0.39 is 0 Å². The first-order chi connectivity index (χ1) is 8.67. The summed E-state index contributed by atoms with van der Waals surface area (Å²) in [5, 5.41) is 3.76. The summed E-state index contributed by atoms with van der Waals surface area (Å²) in [7, 11) is 3.52. The van der Waals surface area contributed by atoms with Crippen LogP contribution < -0.4 is 10.1 Å². The molecule has 18 heavy (non-hydrogen) atoms. The van der Waals surface area contributed by atoms with E-state index in [9.17, 15) is 0 Å². The van der Waals surface area contributed by atoms with Crippen LogP contribution in [0.15, 0.2) is 42.6 Å². The van der Waals surface area contributed by atoms with Crippen LogP contribution in [0.25, 0.3) is 0 Å². The van der Waals surface area contributed by atoms with Crippen molar-refractivity contribution in [1.82, 2.24) is 4.98 Å². The maximum Gasteiger partial charge on any atom is 0.118 e. The normalized spacial score (nSPS) is 9.11. The lowest BCUT2D eigenvalue weighted by Crippen LogP contribution is -1.92. The van der Waals surface area contributed by atoms with Crippen molar-refractivity contribution in [3.05, 3.63) is 53.3 Å². The van der Waals surface area contributed by atoms with Crippen LogP contribution >= 0.6 is 11.6 Å². The molecule has 0 aliphatic heterocycles. The fraction of sp³-hybridized carbons (Fsp3) is 0.214. The van der Waals surface area contributed by atoms with Crippen LogP contribution in [-0.4, -0.2) is 19.1 Å². The second kappa shape index (κ2) is 7.56. The summed E-state index contributed by atoms with van der Waals surface area (Å²) in [6.07, 6.45) is 1.79. The number of nitrogens with one attached hydrogen (secondary N) is 1. The first-order valence-corrected chi connectivity index (χ1v) is 5.94. The first-order valence-electron chi connectivity index (χ1n) is 5.56. The number of aromatic nitrogens is 1. The van der Waals surface area contributed by atoms with Gasteiger partial charge >= 0.3 is 0 Å². The average molecular weight is 265 g/mol. The van der Waals surface area contributed by atoms with Crippen LogP contribution in [0.1, 0.15) is 5.69 Å². The van der Waals surface area contributed by atoms with Gasteiger partial charge in [0.25, 0.3) is 0 Å². The van der Waals surface area contributed by atoms with E-state index in [1.807, 2.05) is 38.2 Å². The minimum Gasteiger partial charge on any atom is -0.497 e. The molecular formula is C14H17ClN2O. The quantitative estimate of drug-likeness (QED) is 0.896. The second-order valence-electron chi connectivity index (χ2n) is 3.54. The topological polar surface area (TPSA) is 34.2 Å². The molecule has 2 aromatic rings. The van der Waals surface area contributed by atoms with E-state index in [2.05, 4.69) is 10.3 Å². The number of ether oxygens (including phenoxy) is 1. The molecule has 1 aromatic heterocycles. The third kappa shape index (κ3) is 4.63. The fourth-order valence-corrected chi connectivity index (χ4v) is 1.45. The standard InChI is InChI=1S/C7H7ClO.C7H10N2/c1-9-7-4-2-6(8)3-5-7;1-6-7(8-2)4-3-5-9-6/h2-5H,1H3;3-5,8H,1-2H3. The number of hydrogen-bond acceptors (Lipinski definition) is 3. The highest BCUT2D eigenvalue weighted by molar-refractivity contribution is 6.30. The van der Waals surface area contributed by atoms with Crippen LogP contribution in [0.4, 0.5) is 5.69 Å². The van der Waals surface area contributed by atoms with Crippen molar-refractivity contribution in [1.29, 1.82) is 0 Å². The van der Waals surface area contributed by atoms with Gasteiger partial charge in [-0.1, -0.05) is 11.6 Å². The van der Waals surface area contributed by atoms with Crippen LogP contribution in [0.2, 0.25) is 5.02 Å². The Morgan fingerprint density at radius 3 is 2.28 bits per heavy atom. The number of methoxy groups -OCH3 is 1. The number of pyridine rings is 1. The molecule has 0 aliphatic carbocycles. The van der Waals surface area contributed by atoms with Gasteiger partial charge < -0.3 is 10.1 Å². The first kappa shape index (κ1) is 14.3. The van der Waals surface area contributed by atoms with Gasteiger partial charge in [0, 0.05) is 18.3 Å². The van der Waals surface area contributed by atoms with Crippen molar-refractivity contribution in [2.75, 3.05) is 19.5 Å². The van der Waals surface area contributed by atoms with E-state index in [0.29, 0.717) is 0 Å². The van der Waals surface area contributed by atoms with Crippen LogP contribution in [0.5, 0.6) is 5.75 Å². The summed E-state index contributed by atoms with van der Waals surface area (Å²) >= 11 is 5.61. The minimum atomic E-state index is 0.732. The van der Waals surface area contributed by atoms with Gasteiger partial charge in [-0.3, -0.25) is 4.98 Å². The molecule has 0 fully saturated rings. The van der Waals surface area contributed by atoms with Gasteiger partial charge in [-0.2, -0.15) is 0 Å². The number of hydrogen-bond donors (Lipinski definition) is 1. The zero-order chi connectivity index (χ0) is 13.4. The summed E-state index contributed by atoms with van der Waals surface area (Å²) in [5.74, 6) is 0.833. The van der Waals surface area contributed by atoms with E-state index in [4.69, 9.17) is 16.3 Å². The highest BCUT2D eigenvalue weighted by Crippen LogP contribution is 2.14. The van der Waals surface area contributed by atoms with Crippen molar-refractivity contribution in [3.63, 3.8) is 0 Å². The Kier molecular flexibility index (Phi) is 6.01. The summed E-state index contributed by atoms with van der Waals surface area (Å²) in [6.45, 7) is 1.98. The average Bonchev–Trinajstić information content (AvgIpc) is 2.41. The molecule has 0 spiro atoms. The van der Waals surface area contributed by atoms with Gasteiger partial charge in [-0.05, 0) is 43.3 Å². The lowest BCUT2D eigenvalue weighted by molar-refractivity contribution is 0.415. The van der Waals surface area contributed by atoms with Crippen molar-refractivity contribution >= 4 is 17.3 Å². The van der Waals surface area contributed by atoms with Crippen molar-refractivity contribution in [2.24, 2.45) is 0 Å². The Labute approximate surface area is 113 Å². The molecule has 0 bridgehead atoms. The molecule has 96 valence electrons. The summed E-state index contributed by atoms with van der Waals surface area (Å²) < 4.78 is 4.91. The molecule has 0 saturated carbocycles. The van der Waals surface area contributed by atoms with Gasteiger partial charge in [-0.15, -0.1) is 0 Å². The van der Waals surface area contributed by atoms with E-state index in [0.717, 1.165) is 22.2 Å². The van der Waals surface area contributed by atoms with Crippen LogP contribution in [0.3, 0.4) is 0 Å². The van der Waals surface area contributed by atoms with Crippen molar-refractivity contribution in [2.45, 2.75) is 6.92 Å². The zero-order valence-electron chi connectivity index (χ0n) is 10.8. The molecule has 1 aromatic carbocycles. The third-order valence-electron chi connectivity index (χ3n) is 2.33. The van der Waals surface area contributed by atoms with Gasteiger partial charge in [0.2, 0.25) is 0 Å². The Morgan fingerprint density at radius 1 is 1.17 bits per heavy atom. The lowest BCUT2D eigenvalue weighted by Gasteiger charge is -2.00. The molecule has 0 unspecified atom stereocenters. The molecule has 0 saturated heterocycles. The molecule has 1 heterocycles. The molecule has 0 amide bonds. The Morgan fingerprint density at radius 2 is 1.83 bits per heavy atom. The Balaban J connectivity index is 0.000000180. The monoisotopic (exact) mass is 264 g/mol. The molecule has 0 atom stereocenters. The largest absolute Gasteiger partial charge is 0.497 e. The second-order valence-corrected chi connectivity index (χ2v) is 3.98. The maximum absolute atomic E-state index is 5.61. The van der Waals surface area contributed by atoms with Gasteiger partial charge in [0.05, 0.1) is 18.5 Å². The Bertz CT molecular complexity index is 471. The molecule has 0 radical (unpaired) electrons. The number of nitrogens with zero attached hydrogens (tertiary/aromatic N) is 1. The van der Waals surface area contributed by atoms with Gasteiger partial charge in [0.15, 0.2) is 0 Å². The zero-order valence-corrected chi connectivity index (χ0v) is 11.5. The molecule has 0 aliphatic rings. The van der Waals surface area contributed by atoms with Crippen molar-refractivity contribution in [3.8, 4) is 5.75 Å². The van der Waals surface area contributed by atoms with E-state index in [1.165, 1.54) is 0 Å². The molecule has 1 N–H and O–H groups in total. The fourth-order valence-electron chi connectivity index (χ4n) is 1.32. The molecular weight excluding hydrogens is 248 g/mol. The summed E-state index contributed by atoms with van der Waals surface area (Å²) in [5.41, 5.74) is 2.14.